The van der Waals surface area contributed by atoms with Crippen LogP contribution in [-0.2, 0) is 22.7 Å². The van der Waals surface area contributed by atoms with Gasteiger partial charge in [-0.15, -0.1) is 0 Å². The second-order valence-corrected chi connectivity index (χ2v) is 5.38. The van der Waals surface area contributed by atoms with Crippen LogP contribution in [0.15, 0.2) is 60.7 Å². The van der Waals surface area contributed by atoms with Crippen molar-refractivity contribution in [3.63, 3.8) is 0 Å². The number of nitrogens with one attached hydrogen (secondary N) is 1. The highest BCUT2D eigenvalue weighted by Crippen LogP contribution is 2.03. The minimum Gasteiger partial charge on any atom is -0.459 e. The Hall–Kier alpha value is -2.86. The maximum Gasteiger partial charge on any atom is 0.332 e. The molecule has 0 saturated heterocycles. The van der Waals surface area contributed by atoms with Crippen LogP contribution in [0, 0.1) is 0 Å². The molecule has 0 aliphatic heterocycles. The Kier molecular flexibility index (Phi) is 6.33. The van der Waals surface area contributed by atoms with Gasteiger partial charge in [-0.1, -0.05) is 60.7 Å². The molecule has 1 atom stereocenters. The molecule has 2 aromatic carbocycles. The molecule has 0 aliphatic rings. The average molecular weight is 327 g/mol. The molecule has 6 nitrogen and oxygen atoms in total. The van der Waals surface area contributed by atoms with Crippen LogP contribution in [0.4, 0.5) is 4.79 Å². The second kappa shape index (κ2) is 8.69. The molecule has 0 fully saturated rings. The van der Waals surface area contributed by atoms with E-state index in [9.17, 15) is 9.59 Å². The standard InChI is InChI=1S/C18H21N3O3/c1-14(17(22)24-13-16-10-6-3-7-11-16)20-18(23)21(19)12-15-8-4-2-5-9-15/h2-11,14H,12-13,19H2,1H3,(H,20,23)/t14-/m0/s1. The molecule has 0 heterocycles. The van der Waals surface area contributed by atoms with Crippen molar-refractivity contribution in [1.29, 1.82) is 0 Å². The smallest absolute Gasteiger partial charge is 0.332 e. The molecule has 0 bridgehead atoms. The van der Waals surface area contributed by atoms with Gasteiger partial charge in [0.15, 0.2) is 0 Å². The number of benzene rings is 2. The van der Waals surface area contributed by atoms with Gasteiger partial charge in [0.2, 0.25) is 0 Å². The zero-order valence-corrected chi connectivity index (χ0v) is 13.5. The maximum absolute atomic E-state index is 12.0. The molecule has 0 saturated carbocycles. The molecule has 0 radical (unpaired) electrons. The van der Waals surface area contributed by atoms with Crippen LogP contribution in [0.25, 0.3) is 0 Å². The first-order valence-corrected chi connectivity index (χ1v) is 7.63. The third-order valence-electron chi connectivity index (χ3n) is 3.37. The zero-order valence-electron chi connectivity index (χ0n) is 13.5. The molecule has 0 aromatic heterocycles. The van der Waals surface area contributed by atoms with E-state index >= 15 is 0 Å². The highest BCUT2D eigenvalue weighted by Gasteiger charge is 2.19. The molecular weight excluding hydrogens is 306 g/mol. The summed E-state index contributed by atoms with van der Waals surface area (Å²) in [6.45, 7) is 1.97. The van der Waals surface area contributed by atoms with Crippen LogP contribution in [0.2, 0.25) is 0 Å². The fourth-order valence-electron chi connectivity index (χ4n) is 2.03. The van der Waals surface area contributed by atoms with Crippen molar-refractivity contribution in [2.75, 3.05) is 0 Å². The van der Waals surface area contributed by atoms with Crippen LogP contribution < -0.4 is 11.2 Å². The molecule has 126 valence electrons. The SMILES string of the molecule is C[C@H](NC(=O)N(N)Cc1ccccc1)C(=O)OCc1ccccc1. The van der Waals surface area contributed by atoms with Crippen molar-refractivity contribution in [3.05, 3.63) is 71.8 Å². The van der Waals surface area contributed by atoms with Gasteiger partial charge < -0.3 is 10.1 Å². The van der Waals surface area contributed by atoms with Gasteiger partial charge in [-0.05, 0) is 18.1 Å². The van der Waals surface area contributed by atoms with E-state index in [2.05, 4.69) is 5.32 Å². The summed E-state index contributed by atoms with van der Waals surface area (Å²) in [5, 5.41) is 3.55. The van der Waals surface area contributed by atoms with Gasteiger partial charge >= 0.3 is 12.0 Å². The lowest BCUT2D eigenvalue weighted by atomic mass is 10.2. The normalized spacial score (nSPS) is 11.4. The van der Waals surface area contributed by atoms with Gasteiger partial charge in [-0.25, -0.2) is 15.4 Å². The largest absolute Gasteiger partial charge is 0.459 e. The number of hydrogen-bond donors (Lipinski definition) is 2. The van der Waals surface area contributed by atoms with Crippen LogP contribution in [-0.4, -0.2) is 23.1 Å². The predicted octanol–water partition coefficient (Wildman–Crippen LogP) is 2.20. The molecule has 2 aromatic rings. The van der Waals surface area contributed by atoms with Crippen molar-refractivity contribution in [2.45, 2.75) is 26.1 Å². The number of nitrogens with zero attached hydrogens (tertiary/aromatic N) is 1. The van der Waals surface area contributed by atoms with E-state index in [4.69, 9.17) is 10.6 Å². The van der Waals surface area contributed by atoms with Crippen LogP contribution in [0.3, 0.4) is 0 Å². The highest BCUT2D eigenvalue weighted by atomic mass is 16.5. The Balaban J connectivity index is 1.78. The molecule has 2 amide bonds. The van der Waals surface area contributed by atoms with E-state index in [1.165, 1.54) is 0 Å². The van der Waals surface area contributed by atoms with E-state index in [1.807, 2.05) is 60.7 Å². The van der Waals surface area contributed by atoms with Gasteiger partial charge in [-0.3, -0.25) is 5.01 Å². The lowest BCUT2D eigenvalue weighted by molar-refractivity contribution is -0.146. The van der Waals surface area contributed by atoms with Crippen LogP contribution in [0.1, 0.15) is 18.1 Å². The first-order valence-electron chi connectivity index (χ1n) is 7.63. The summed E-state index contributed by atoms with van der Waals surface area (Å²) in [6, 6.07) is 17.4. The van der Waals surface area contributed by atoms with E-state index < -0.39 is 18.0 Å². The van der Waals surface area contributed by atoms with E-state index in [0.717, 1.165) is 16.1 Å². The monoisotopic (exact) mass is 327 g/mol. The molecule has 0 aliphatic carbocycles. The topological polar surface area (TPSA) is 84.7 Å². The summed E-state index contributed by atoms with van der Waals surface area (Å²) in [6.07, 6.45) is 0. The summed E-state index contributed by atoms with van der Waals surface area (Å²) < 4.78 is 5.18. The van der Waals surface area contributed by atoms with Crippen molar-refractivity contribution in [1.82, 2.24) is 10.3 Å². The van der Waals surface area contributed by atoms with Crippen LogP contribution in [0.5, 0.6) is 0 Å². The quantitative estimate of drug-likeness (QED) is 0.369. The fraction of sp³-hybridized carbons (Fsp3) is 0.222. The lowest BCUT2D eigenvalue weighted by Crippen LogP contribution is -2.49. The minimum absolute atomic E-state index is 0.163. The van der Waals surface area contributed by atoms with Crippen molar-refractivity contribution >= 4 is 12.0 Å². The molecule has 0 unspecified atom stereocenters. The summed E-state index contributed by atoms with van der Waals surface area (Å²) in [4.78, 5) is 24.0. The number of urea groups is 1. The fourth-order valence-corrected chi connectivity index (χ4v) is 2.03. The maximum atomic E-state index is 12.0. The third-order valence-corrected chi connectivity index (χ3v) is 3.37. The summed E-state index contributed by atoms with van der Waals surface area (Å²) in [5.74, 6) is 5.22. The van der Waals surface area contributed by atoms with Gasteiger partial charge in [0.05, 0.1) is 6.54 Å². The third kappa shape index (κ3) is 5.40. The molecule has 24 heavy (non-hydrogen) atoms. The minimum atomic E-state index is -0.789. The molecule has 3 N–H and O–H groups in total. The summed E-state index contributed by atoms with van der Waals surface area (Å²) >= 11 is 0. The Bertz CT molecular complexity index is 662. The first kappa shape index (κ1) is 17.5. The molecule has 0 spiro atoms. The number of ether oxygens (including phenoxy) is 1. The summed E-state index contributed by atoms with van der Waals surface area (Å²) in [7, 11) is 0. The Morgan fingerprint density at radius 3 is 2.17 bits per heavy atom. The van der Waals surface area contributed by atoms with Crippen LogP contribution >= 0.6 is 0 Å². The zero-order chi connectivity index (χ0) is 17.4. The van der Waals surface area contributed by atoms with E-state index in [-0.39, 0.29) is 13.2 Å². The number of hydrazine groups is 1. The van der Waals surface area contributed by atoms with Gasteiger partial charge in [0.25, 0.3) is 0 Å². The van der Waals surface area contributed by atoms with Gasteiger partial charge in [0.1, 0.15) is 12.6 Å². The Morgan fingerprint density at radius 1 is 1.04 bits per heavy atom. The van der Waals surface area contributed by atoms with Gasteiger partial charge in [0, 0.05) is 0 Å². The highest BCUT2D eigenvalue weighted by molar-refractivity contribution is 5.83. The molecular formula is C18H21N3O3. The molecule has 2 rings (SSSR count). The second-order valence-electron chi connectivity index (χ2n) is 5.38. The van der Waals surface area contributed by atoms with Crippen molar-refractivity contribution < 1.29 is 14.3 Å². The first-order chi connectivity index (χ1) is 11.6. The van der Waals surface area contributed by atoms with Crippen molar-refractivity contribution in [3.8, 4) is 0 Å². The number of hydrogen-bond acceptors (Lipinski definition) is 4. The Morgan fingerprint density at radius 2 is 1.58 bits per heavy atom. The predicted molar refractivity (Wildman–Crippen MR) is 90.4 cm³/mol. The molecule has 6 heteroatoms. The summed E-state index contributed by atoms with van der Waals surface area (Å²) in [5.41, 5.74) is 1.78. The number of carbonyl (C=O) groups is 2. The van der Waals surface area contributed by atoms with E-state index in [0.29, 0.717) is 0 Å². The number of carbonyl (C=O) groups excluding carboxylic acids is 2. The number of nitrogens with two attached hydrogens (primary N) is 1. The lowest BCUT2D eigenvalue weighted by Gasteiger charge is -2.20. The Labute approximate surface area is 141 Å². The average Bonchev–Trinajstić information content (AvgIpc) is 2.61. The number of esters is 1. The number of amides is 2. The van der Waals surface area contributed by atoms with Gasteiger partial charge in [-0.2, -0.15) is 0 Å². The number of rotatable bonds is 6. The van der Waals surface area contributed by atoms with E-state index in [1.54, 1.807) is 6.92 Å². The van der Waals surface area contributed by atoms with Crippen molar-refractivity contribution in [2.24, 2.45) is 5.84 Å².